The average molecular weight is 1070 g/mol. The summed E-state index contributed by atoms with van der Waals surface area (Å²) in [7, 11) is 6.49. The van der Waals surface area contributed by atoms with E-state index in [1.54, 1.807) is 60.7 Å². The Labute approximate surface area is 372 Å². The Morgan fingerprint density at radius 2 is 0.651 bits per heavy atom. The second kappa shape index (κ2) is 18.1. The predicted octanol–water partition coefficient (Wildman–Crippen LogP) is 12.7. The molecule has 0 bridgehead atoms. The number of hydrogen-bond donors (Lipinski definition) is 0. The number of hydrogen-bond acceptors (Lipinski definition) is 6. The first kappa shape index (κ1) is 50.1. The van der Waals surface area contributed by atoms with Gasteiger partial charge in [0, 0.05) is 0 Å². The van der Waals surface area contributed by atoms with Gasteiger partial charge in [-0.3, -0.25) is 0 Å². The quantitative estimate of drug-likeness (QED) is 0.0894. The van der Waals surface area contributed by atoms with Crippen LogP contribution in [-0.2, 0) is 33.8 Å². The first-order chi connectivity index (χ1) is 29.0. The number of nitrogens with zero attached hydrogens (tertiary/aromatic N) is 4. The van der Waals surface area contributed by atoms with E-state index in [-0.39, 0.29) is 28.7 Å². The van der Waals surface area contributed by atoms with Crippen molar-refractivity contribution in [2.75, 3.05) is 28.2 Å². The Morgan fingerprint density at radius 1 is 0.444 bits per heavy atom. The van der Waals surface area contributed by atoms with Gasteiger partial charge in [-0.05, 0) is 0 Å². The van der Waals surface area contributed by atoms with E-state index in [1.165, 1.54) is 48.5 Å². The average Bonchev–Trinajstić information content (AvgIpc) is 3.50. The fourth-order valence-electron chi connectivity index (χ4n) is 8.40. The second-order valence-electron chi connectivity index (χ2n) is 15.6. The summed E-state index contributed by atoms with van der Waals surface area (Å²) < 4.78 is 188. The van der Waals surface area contributed by atoms with Crippen molar-refractivity contribution in [3.63, 3.8) is 0 Å². The molecule has 0 amide bonds. The van der Waals surface area contributed by atoms with Crippen LogP contribution in [0.1, 0.15) is 88.9 Å². The van der Waals surface area contributed by atoms with Crippen LogP contribution in [0, 0.1) is 0 Å². The third kappa shape index (κ3) is 10.2. The molecular weight excluding hydrogens is 1030 g/mol. The van der Waals surface area contributed by atoms with Crippen molar-refractivity contribution in [3.8, 4) is 0 Å². The van der Waals surface area contributed by atoms with E-state index in [0.29, 0.717) is 0 Å². The first-order valence-corrected chi connectivity index (χ1v) is 26.8. The molecule has 2 saturated heterocycles. The summed E-state index contributed by atoms with van der Waals surface area (Å²) >= 11 is 6.20. The zero-order valence-electron chi connectivity index (χ0n) is 34.3. The van der Waals surface area contributed by atoms with Crippen molar-refractivity contribution in [1.82, 2.24) is 18.7 Å². The number of benzene rings is 4. The van der Waals surface area contributed by atoms with E-state index in [1.807, 2.05) is 0 Å². The Balaban J connectivity index is 1.31. The van der Waals surface area contributed by atoms with Crippen molar-refractivity contribution in [2.24, 2.45) is 0 Å². The van der Waals surface area contributed by atoms with Crippen LogP contribution in [0.2, 0.25) is 0 Å². The Bertz CT molecular complexity index is 2090. The predicted molar refractivity (Wildman–Crippen MR) is 219 cm³/mol. The number of halogens is 12. The van der Waals surface area contributed by atoms with Gasteiger partial charge in [0.25, 0.3) is 0 Å². The van der Waals surface area contributed by atoms with Crippen LogP contribution in [0.3, 0.4) is 0 Å². The van der Waals surface area contributed by atoms with Crippen LogP contribution in [0.25, 0.3) is 0 Å². The van der Waals surface area contributed by atoms with E-state index < -0.39 is 95.4 Å². The molecule has 6 rings (SSSR count). The molecule has 0 N–H and O–H groups in total. The molecular formula is C41H42F12N4O2P2Se2. The van der Waals surface area contributed by atoms with Crippen molar-refractivity contribution >= 4 is 42.3 Å². The molecule has 4 aromatic carbocycles. The van der Waals surface area contributed by atoms with Crippen molar-refractivity contribution in [2.45, 2.75) is 81.3 Å². The molecule has 344 valence electrons. The summed E-state index contributed by atoms with van der Waals surface area (Å²) in [5, 5.41) is 0. The van der Waals surface area contributed by atoms with Crippen LogP contribution in [-0.4, -0.2) is 89.3 Å². The third-order valence-corrected chi connectivity index (χ3v) is 24.3. The second-order valence-corrected chi connectivity index (χ2v) is 26.5. The van der Waals surface area contributed by atoms with E-state index in [2.05, 4.69) is 30.2 Å². The standard InChI is InChI=1S/C41H42F12N4O2P2Se2/c1-24(58-60(62)54(3)34(26-11-7-15-30(20-26)38(42,43)44)35(55(60)4)27-12-8-16-31(21-27)39(45,46)47)19-25(2)59-61(63)56(5)36(28-13-9-17-32(22-28)40(48,49)50)37(57(61)6)29-14-10-18-33(23-29)41(51,52)53/h7-18,20-25,34-37H,19H2,1-6H3/t24-,25-,34-,35-,36-,37-/m1/s1. The van der Waals surface area contributed by atoms with Gasteiger partial charge in [0.05, 0.1) is 0 Å². The minimum atomic E-state index is -4.70. The van der Waals surface area contributed by atoms with E-state index in [0.717, 1.165) is 48.5 Å². The van der Waals surface area contributed by atoms with Gasteiger partial charge in [0.15, 0.2) is 0 Å². The van der Waals surface area contributed by atoms with E-state index in [4.69, 9.17) is 9.05 Å². The Hall–Kier alpha value is -2.30. The van der Waals surface area contributed by atoms with Crippen molar-refractivity contribution in [1.29, 1.82) is 0 Å². The molecule has 0 unspecified atom stereocenters. The Kier molecular flexibility index (Phi) is 14.4. The first-order valence-electron chi connectivity index (χ1n) is 19.2. The molecule has 2 aliphatic heterocycles. The van der Waals surface area contributed by atoms with Gasteiger partial charge < -0.3 is 0 Å². The number of alkyl halides is 12. The summed E-state index contributed by atoms with van der Waals surface area (Å²) in [5.41, 5.74) is -2.97. The zero-order chi connectivity index (χ0) is 46.8. The molecule has 0 aliphatic carbocycles. The molecule has 0 aromatic heterocycles. The van der Waals surface area contributed by atoms with Crippen LogP contribution in [0.15, 0.2) is 97.1 Å². The Morgan fingerprint density at radius 3 is 0.841 bits per heavy atom. The molecule has 2 fully saturated rings. The number of likely N-dealkylation sites (N-methyl/N-ethyl adjacent to an activating group) is 4. The topological polar surface area (TPSA) is 31.4 Å². The van der Waals surface area contributed by atoms with Gasteiger partial charge in [0.1, 0.15) is 0 Å². The summed E-state index contributed by atoms with van der Waals surface area (Å²) in [6, 6.07) is 8.39. The molecule has 22 heteroatoms. The monoisotopic (exact) mass is 1070 g/mol. The van der Waals surface area contributed by atoms with Gasteiger partial charge >= 0.3 is 374 Å². The third-order valence-electron chi connectivity index (χ3n) is 11.3. The van der Waals surface area contributed by atoms with Crippen molar-refractivity contribution < 1.29 is 61.7 Å². The van der Waals surface area contributed by atoms with Gasteiger partial charge in [-0.15, -0.1) is 0 Å². The van der Waals surface area contributed by atoms with Gasteiger partial charge in [-0.2, -0.15) is 0 Å². The van der Waals surface area contributed by atoms with Crippen molar-refractivity contribution in [3.05, 3.63) is 142 Å². The summed E-state index contributed by atoms with van der Waals surface area (Å²) in [6.07, 6.45) is -20.0. The zero-order valence-corrected chi connectivity index (χ0v) is 39.5. The van der Waals surface area contributed by atoms with Crippen LogP contribution >= 0.6 is 12.1 Å². The maximum absolute atomic E-state index is 14.0. The maximum atomic E-state index is 14.0. The van der Waals surface area contributed by atoms with Crippen LogP contribution in [0.5, 0.6) is 0 Å². The fraction of sp³-hybridized carbons (Fsp3) is 0.415. The molecule has 6 atom stereocenters. The molecule has 4 aromatic rings. The normalized spacial score (nSPS) is 23.9. The molecule has 0 radical (unpaired) electrons. The summed E-state index contributed by atoms with van der Waals surface area (Å²) in [6.45, 7) is 3.45. The molecule has 2 heterocycles. The fourth-order valence-corrected chi connectivity index (χ4v) is 17.7. The van der Waals surface area contributed by atoms with Gasteiger partial charge in [-0.1, -0.05) is 0 Å². The SMILES string of the molecule is C[C@H](C[C@@H](C)OP1(=[Se])N(C)[C@H](c2cccc(C(F)(F)F)c2)[C@@H](c2cccc(C(F)(F)F)c2)N1C)OP1(=[Se])N(C)[C@H](c2cccc(C(F)(F)F)c2)[C@@H](c2cccc(C(F)(F)F)c2)N1C. The van der Waals surface area contributed by atoms with Crippen LogP contribution in [0.4, 0.5) is 52.7 Å². The molecule has 63 heavy (non-hydrogen) atoms. The molecule has 0 saturated carbocycles. The molecule has 0 spiro atoms. The van der Waals surface area contributed by atoms with E-state index >= 15 is 0 Å². The molecule has 2 aliphatic rings. The number of rotatable bonds is 10. The summed E-state index contributed by atoms with van der Waals surface area (Å²) in [4.78, 5) is 0. The molecule has 6 nitrogen and oxygen atoms in total. The van der Waals surface area contributed by atoms with Gasteiger partial charge in [0.2, 0.25) is 0 Å². The van der Waals surface area contributed by atoms with Crippen LogP contribution < -0.4 is 0 Å². The van der Waals surface area contributed by atoms with Gasteiger partial charge in [-0.25, -0.2) is 0 Å². The van der Waals surface area contributed by atoms with E-state index in [9.17, 15) is 52.7 Å². The summed E-state index contributed by atoms with van der Waals surface area (Å²) in [5.74, 6) is 0. The minimum absolute atomic E-state index is 0.154.